The fourth-order valence-corrected chi connectivity index (χ4v) is 4.37. The zero-order chi connectivity index (χ0) is 22.3. The van der Waals surface area contributed by atoms with Crippen molar-refractivity contribution < 1.29 is 9.53 Å². The van der Waals surface area contributed by atoms with Crippen LogP contribution in [0.15, 0.2) is 29.2 Å². The van der Waals surface area contributed by atoms with Crippen LogP contribution >= 0.6 is 23.8 Å². The Balaban J connectivity index is 1.94. The Labute approximate surface area is 189 Å². The number of carbonyl (C=O) groups is 1. The molecule has 2 heterocycles. The third-order valence-corrected chi connectivity index (χ3v) is 5.92. The molecular weight excluding hydrogens is 436 g/mol. The number of aryl methyl sites for hydroxylation is 2. The van der Waals surface area contributed by atoms with Crippen molar-refractivity contribution in [3.05, 3.63) is 78.4 Å². The van der Waals surface area contributed by atoms with E-state index in [9.17, 15) is 9.59 Å². The summed E-state index contributed by atoms with van der Waals surface area (Å²) in [6, 6.07) is 5.71. The van der Waals surface area contributed by atoms with E-state index in [0.29, 0.717) is 16.2 Å². The number of fused-ring (bicyclic) bond motifs is 2. The summed E-state index contributed by atoms with van der Waals surface area (Å²) in [5, 5.41) is 0.626. The van der Waals surface area contributed by atoms with Crippen LogP contribution in [0.2, 0.25) is 5.02 Å². The number of benzene rings is 1. The van der Waals surface area contributed by atoms with Gasteiger partial charge in [-0.1, -0.05) is 36.0 Å². The van der Waals surface area contributed by atoms with Crippen molar-refractivity contribution in [1.29, 1.82) is 0 Å². The lowest BCUT2D eigenvalue weighted by atomic mass is 9.87. The molecular formula is C22H21ClN4O3S. The monoisotopic (exact) mass is 456 g/mol. The molecule has 160 valence electrons. The summed E-state index contributed by atoms with van der Waals surface area (Å²) in [4.78, 5) is 30.9. The number of ether oxygens (including phenoxy) is 1. The minimum atomic E-state index is -0.323. The molecule has 7 nitrogen and oxygen atoms in total. The molecule has 1 aliphatic carbocycles. The topological polar surface area (TPSA) is 81.9 Å². The second-order valence-electron chi connectivity index (χ2n) is 7.42. The number of H-pyrrole nitrogens is 1. The number of halogens is 1. The van der Waals surface area contributed by atoms with Crippen molar-refractivity contribution in [3.8, 4) is 0 Å². The first-order chi connectivity index (χ1) is 14.8. The molecule has 0 radical (unpaired) electrons. The Kier molecular flexibility index (Phi) is 5.68. The summed E-state index contributed by atoms with van der Waals surface area (Å²) in [7, 11) is 1.68. The SMILES string of the molecule is CC(=O)OCCn1c(C)nc2c1C=Cc1cc(Cl)ccc1C2c1cn(C)c(=O)[nH]c1=S. The third-order valence-electron chi connectivity index (χ3n) is 5.35. The minimum Gasteiger partial charge on any atom is -0.464 e. The Morgan fingerprint density at radius 3 is 2.84 bits per heavy atom. The minimum absolute atomic E-state index is 0.246. The van der Waals surface area contributed by atoms with Gasteiger partial charge < -0.3 is 13.9 Å². The van der Waals surface area contributed by atoms with Gasteiger partial charge in [-0.05, 0) is 36.3 Å². The highest BCUT2D eigenvalue weighted by molar-refractivity contribution is 7.71. The molecule has 1 atom stereocenters. The van der Waals surface area contributed by atoms with E-state index in [1.165, 1.54) is 11.5 Å². The van der Waals surface area contributed by atoms with E-state index in [2.05, 4.69) is 4.98 Å². The molecule has 1 aliphatic rings. The number of hydrogen-bond donors (Lipinski definition) is 1. The zero-order valence-corrected chi connectivity index (χ0v) is 18.9. The van der Waals surface area contributed by atoms with E-state index in [-0.39, 0.29) is 24.2 Å². The Bertz CT molecular complexity index is 1340. The number of esters is 1. The predicted octanol–water partition coefficient (Wildman–Crippen LogP) is 3.83. The number of nitrogens with zero attached hydrogens (tertiary/aromatic N) is 3. The van der Waals surface area contributed by atoms with E-state index < -0.39 is 0 Å². The molecule has 2 aromatic heterocycles. The Morgan fingerprint density at radius 1 is 1.32 bits per heavy atom. The van der Waals surface area contributed by atoms with E-state index in [4.69, 9.17) is 33.5 Å². The van der Waals surface area contributed by atoms with E-state index >= 15 is 0 Å². The average molecular weight is 457 g/mol. The molecule has 0 spiro atoms. The van der Waals surface area contributed by atoms with Crippen molar-refractivity contribution in [2.75, 3.05) is 6.61 Å². The lowest BCUT2D eigenvalue weighted by Gasteiger charge is -2.19. The average Bonchev–Trinajstić information content (AvgIpc) is 2.91. The highest BCUT2D eigenvalue weighted by atomic mass is 35.5. The van der Waals surface area contributed by atoms with Gasteiger partial charge in [0.25, 0.3) is 0 Å². The summed E-state index contributed by atoms with van der Waals surface area (Å²) >= 11 is 11.8. The molecule has 4 rings (SSSR count). The maximum absolute atomic E-state index is 12.1. The second-order valence-corrected chi connectivity index (χ2v) is 8.26. The number of hydrogen-bond acceptors (Lipinski definition) is 5. The molecule has 3 aromatic rings. The van der Waals surface area contributed by atoms with Crippen molar-refractivity contribution in [2.45, 2.75) is 26.3 Å². The third kappa shape index (κ3) is 4.00. The normalized spacial score (nSPS) is 14.6. The number of imidazole rings is 1. The maximum atomic E-state index is 12.1. The molecule has 9 heteroatoms. The lowest BCUT2D eigenvalue weighted by molar-refractivity contribution is -0.141. The zero-order valence-electron chi connectivity index (χ0n) is 17.3. The smallest absolute Gasteiger partial charge is 0.326 e. The van der Waals surface area contributed by atoms with Crippen LogP contribution in [0, 0.1) is 11.6 Å². The summed E-state index contributed by atoms with van der Waals surface area (Å²) in [6.45, 7) is 4.02. The van der Waals surface area contributed by atoms with Crippen LogP contribution in [0.1, 0.15) is 46.7 Å². The van der Waals surface area contributed by atoms with Gasteiger partial charge in [-0.25, -0.2) is 9.78 Å². The van der Waals surface area contributed by atoms with E-state index in [1.54, 1.807) is 13.2 Å². The van der Waals surface area contributed by atoms with Crippen molar-refractivity contribution in [3.63, 3.8) is 0 Å². The predicted molar refractivity (Wildman–Crippen MR) is 122 cm³/mol. The quantitative estimate of drug-likeness (QED) is 0.373. The van der Waals surface area contributed by atoms with Crippen LogP contribution in [0.4, 0.5) is 0 Å². The molecule has 0 amide bonds. The molecule has 0 fully saturated rings. The van der Waals surface area contributed by atoms with Crippen molar-refractivity contribution in [1.82, 2.24) is 19.1 Å². The molecule has 0 saturated carbocycles. The van der Waals surface area contributed by atoms with Gasteiger partial charge in [0.05, 0.1) is 23.9 Å². The van der Waals surface area contributed by atoms with Gasteiger partial charge in [-0.3, -0.25) is 9.78 Å². The van der Waals surface area contributed by atoms with Gasteiger partial charge in [0.2, 0.25) is 0 Å². The van der Waals surface area contributed by atoms with Gasteiger partial charge in [0.15, 0.2) is 0 Å². The van der Waals surface area contributed by atoms with Gasteiger partial charge in [-0.15, -0.1) is 0 Å². The summed E-state index contributed by atoms with van der Waals surface area (Å²) < 4.78 is 9.00. The lowest BCUT2D eigenvalue weighted by Crippen LogP contribution is -2.22. The highest BCUT2D eigenvalue weighted by Gasteiger charge is 2.29. The van der Waals surface area contributed by atoms with E-state index in [0.717, 1.165) is 33.9 Å². The molecule has 1 aromatic carbocycles. The van der Waals surface area contributed by atoms with Gasteiger partial charge in [0.1, 0.15) is 17.1 Å². The molecule has 1 N–H and O–H groups in total. The van der Waals surface area contributed by atoms with Crippen LogP contribution in [-0.2, 0) is 23.1 Å². The second kappa shape index (κ2) is 8.28. The number of carbonyl (C=O) groups excluding carboxylic acids is 1. The van der Waals surface area contributed by atoms with Crippen LogP contribution < -0.4 is 5.69 Å². The van der Waals surface area contributed by atoms with Crippen molar-refractivity contribution >= 4 is 41.9 Å². The van der Waals surface area contributed by atoms with Crippen LogP contribution in [0.5, 0.6) is 0 Å². The largest absolute Gasteiger partial charge is 0.464 e. The standard InChI is InChI=1S/C22H21ClN4O3S/c1-12-24-20-18(27(12)8-9-30-13(2)28)7-4-14-10-15(23)5-6-16(14)19(20)17-11-26(3)22(29)25-21(17)31/h4-7,10-11,19H,8-9H2,1-3H3,(H,25,29,31). The molecule has 0 saturated heterocycles. The van der Waals surface area contributed by atoms with Crippen LogP contribution in [0.3, 0.4) is 0 Å². The Morgan fingerprint density at radius 2 is 2.10 bits per heavy atom. The fourth-order valence-electron chi connectivity index (χ4n) is 3.93. The first kappa shape index (κ1) is 21.3. The molecule has 0 bridgehead atoms. The number of rotatable bonds is 4. The molecule has 1 unspecified atom stereocenters. The van der Waals surface area contributed by atoms with Crippen LogP contribution in [0.25, 0.3) is 12.2 Å². The number of nitrogens with one attached hydrogen (secondary N) is 1. The highest BCUT2D eigenvalue weighted by Crippen LogP contribution is 2.39. The van der Waals surface area contributed by atoms with E-state index in [1.807, 2.05) is 41.8 Å². The van der Waals surface area contributed by atoms with Gasteiger partial charge in [0, 0.05) is 30.8 Å². The summed E-state index contributed by atoms with van der Waals surface area (Å²) in [5.74, 6) is 0.168. The molecule has 31 heavy (non-hydrogen) atoms. The number of aromatic nitrogens is 4. The molecule has 0 aliphatic heterocycles. The van der Waals surface area contributed by atoms with Crippen molar-refractivity contribution in [2.24, 2.45) is 7.05 Å². The fraction of sp³-hybridized carbons (Fsp3) is 0.273. The number of aromatic amines is 1. The summed E-state index contributed by atoms with van der Waals surface area (Å²) in [5.41, 5.74) is 4.14. The maximum Gasteiger partial charge on any atom is 0.326 e. The van der Waals surface area contributed by atoms with Gasteiger partial charge >= 0.3 is 11.7 Å². The van der Waals surface area contributed by atoms with Gasteiger partial charge in [-0.2, -0.15) is 0 Å². The first-order valence-corrected chi connectivity index (χ1v) is 10.5. The van der Waals surface area contributed by atoms with Crippen LogP contribution in [-0.4, -0.2) is 31.7 Å². The first-order valence-electron chi connectivity index (χ1n) is 9.74. The summed E-state index contributed by atoms with van der Waals surface area (Å²) in [6.07, 6.45) is 5.75. The Hall–Kier alpha value is -2.97.